The van der Waals surface area contributed by atoms with Crippen LogP contribution in [0.4, 0.5) is 5.69 Å². The van der Waals surface area contributed by atoms with Crippen molar-refractivity contribution in [3.05, 3.63) is 58.3 Å². The number of halogens is 1. The number of anilines is 1. The molecule has 17 heavy (non-hydrogen) atoms. The molecule has 1 aromatic carbocycles. The van der Waals surface area contributed by atoms with Gasteiger partial charge in [-0.25, -0.2) is 4.98 Å². The number of carbonyl (C=O) groups excluding carboxylic acids is 1. The zero-order valence-corrected chi connectivity index (χ0v) is 10.9. The van der Waals surface area contributed by atoms with Gasteiger partial charge in [0.05, 0.1) is 5.56 Å². The molecule has 0 saturated heterocycles. The maximum Gasteiger partial charge on any atom is 0.258 e. The van der Waals surface area contributed by atoms with Gasteiger partial charge < -0.3 is 5.32 Å². The number of nitrogens with one attached hydrogen (secondary N) is 1. The highest BCUT2D eigenvalue weighted by atomic mass is 79.9. The summed E-state index contributed by atoms with van der Waals surface area (Å²) in [6.45, 7) is 1.95. The number of aromatic nitrogens is 1. The fourth-order valence-corrected chi connectivity index (χ4v) is 1.89. The molecule has 0 aliphatic rings. The highest BCUT2D eigenvalue weighted by molar-refractivity contribution is 9.10. The Labute approximate surface area is 108 Å². The predicted molar refractivity (Wildman–Crippen MR) is 71.1 cm³/mol. The second kappa shape index (κ2) is 5.10. The van der Waals surface area contributed by atoms with Gasteiger partial charge in [0, 0.05) is 11.9 Å². The van der Waals surface area contributed by atoms with Crippen LogP contribution in [0, 0.1) is 6.92 Å². The Balaban J connectivity index is 2.24. The molecule has 0 saturated carbocycles. The monoisotopic (exact) mass is 290 g/mol. The Morgan fingerprint density at radius 1 is 1.24 bits per heavy atom. The standard InChI is InChI=1S/C13H11BrN2O/c1-9-5-2-3-7-11(9)16-13(17)10-6-4-8-15-12(10)14/h2-8H,1H3,(H,16,17). The molecular weight excluding hydrogens is 280 g/mol. The number of carbonyl (C=O) groups is 1. The number of hydrogen-bond acceptors (Lipinski definition) is 2. The molecule has 1 aromatic heterocycles. The quantitative estimate of drug-likeness (QED) is 0.862. The smallest absolute Gasteiger partial charge is 0.258 e. The number of nitrogens with zero attached hydrogens (tertiary/aromatic N) is 1. The van der Waals surface area contributed by atoms with E-state index in [1.165, 1.54) is 0 Å². The zero-order chi connectivity index (χ0) is 12.3. The van der Waals surface area contributed by atoms with Crippen molar-refractivity contribution >= 4 is 27.5 Å². The fraction of sp³-hybridized carbons (Fsp3) is 0.0769. The minimum atomic E-state index is -0.167. The molecule has 0 radical (unpaired) electrons. The van der Waals surface area contributed by atoms with Gasteiger partial charge in [0.2, 0.25) is 0 Å². The third kappa shape index (κ3) is 2.71. The van der Waals surface area contributed by atoms with E-state index in [-0.39, 0.29) is 5.91 Å². The molecule has 0 bridgehead atoms. The first-order valence-corrected chi connectivity index (χ1v) is 5.95. The summed E-state index contributed by atoms with van der Waals surface area (Å²) >= 11 is 3.26. The topological polar surface area (TPSA) is 42.0 Å². The van der Waals surface area contributed by atoms with E-state index in [0.717, 1.165) is 11.3 Å². The second-order valence-corrected chi connectivity index (χ2v) is 4.36. The molecule has 3 nitrogen and oxygen atoms in total. The summed E-state index contributed by atoms with van der Waals surface area (Å²) in [6, 6.07) is 11.1. The number of para-hydroxylation sites is 1. The average molecular weight is 291 g/mol. The number of aryl methyl sites for hydroxylation is 1. The molecular formula is C13H11BrN2O. The fourth-order valence-electron chi connectivity index (χ4n) is 1.46. The van der Waals surface area contributed by atoms with Crippen LogP contribution in [-0.2, 0) is 0 Å². The third-order valence-corrected chi connectivity index (χ3v) is 3.03. The molecule has 0 atom stereocenters. The van der Waals surface area contributed by atoms with Crippen molar-refractivity contribution in [2.75, 3.05) is 5.32 Å². The maximum atomic E-state index is 12.0. The molecule has 2 aromatic rings. The van der Waals surface area contributed by atoms with Gasteiger partial charge in [0.25, 0.3) is 5.91 Å². The Morgan fingerprint density at radius 3 is 2.71 bits per heavy atom. The van der Waals surface area contributed by atoms with E-state index in [0.29, 0.717) is 10.2 Å². The Kier molecular flexibility index (Phi) is 3.54. The normalized spacial score (nSPS) is 10.0. The average Bonchev–Trinajstić information content (AvgIpc) is 2.32. The number of benzene rings is 1. The van der Waals surface area contributed by atoms with Gasteiger partial charge in [-0.3, -0.25) is 4.79 Å². The van der Waals surface area contributed by atoms with Crippen LogP contribution < -0.4 is 5.32 Å². The van der Waals surface area contributed by atoms with Crippen LogP contribution >= 0.6 is 15.9 Å². The molecule has 0 spiro atoms. The second-order valence-electron chi connectivity index (χ2n) is 3.61. The number of pyridine rings is 1. The SMILES string of the molecule is Cc1ccccc1NC(=O)c1cccnc1Br. The number of rotatable bonds is 2. The largest absolute Gasteiger partial charge is 0.322 e. The summed E-state index contributed by atoms with van der Waals surface area (Å²) in [7, 11) is 0. The lowest BCUT2D eigenvalue weighted by Gasteiger charge is -2.08. The number of hydrogen-bond donors (Lipinski definition) is 1. The van der Waals surface area contributed by atoms with Crippen LogP contribution in [0.15, 0.2) is 47.2 Å². The van der Waals surface area contributed by atoms with E-state index in [4.69, 9.17) is 0 Å². The van der Waals surface area contributed by atoms with E-state index >= 15 is 0 Å². The summed E-state index contributed by atoms with van der Waals surface area (Å²) in [5.74, 6) is -0.167. The minimum Gasteiger partial charge on any atom is -0.322 e. The molecule has 1 amide bonds. The minimum absolute atomic E-state index is 0.167. The summed E-state index contributed by atoms with van der Waals surface area (Å²) in [4.78, 5) is 16.0. The summed E-state index contributed by atoms with van der Waals surface area (Å²) in [6.07, 6.45) is 1.63. The highest BCUT2D eigenvalue weighted by Crippen LogP contribution is 2.17. The summed E-state index contributed by atoms with van der Waals surface area (Å²) < 4.78 is 0.547. The molecule has 0 aliphatic heterocycles. The molecule has 1 heterocycles. The van der Waals surface area contributed by atoms with Crippen LogP contribution in [0.3, 0.4) is 0 Å². The lowest BCUT2D eigenvalue weighted by atomic mass is 10.2. The predicted octanol–water partition coefficient (Wildman–Crippen LogP) is 3.40. The van der Waals surface area contributed by atoms with E-state index in [1.807, 2.05) is 31.2 Å². The van der Waals surface area contributed by atoms with Crippen molar-refractivity contribution in [2.24, 2.45) is 0 Å². The molecule has 1 N–H and O–H groups in total. The Morgan fingerprint density at radius 2 is 2.00 bits per heavy atom. The first-order chi connectivity index (χ1) is 8.18. The molecule has 0 aliphatic carbocycles. The van der Waals surface area contributed by atoms with Crippen LogP contribution in [0.1, 0.15) is 15.9 Å². The van der Waals surface area contributed by atoms with Gasteiger partial charge in [0.15, 0.2) is 0 Å². The third-order valence-electron chi connectivity index (χ3n) is 2.40. The van der Waals surface area contributed by atoms with Gasteiger partial charge in [-0.05, 0) is 46.6 Å². The van der Waals surface area contributed by atoms with Crippen molar-refractivity contribution in [1.82, 2.24) is 4.98 Å². The van der Waals surface area contributed by atoms with Gasteiger partial charge in [-0.15, -0.1) is 0 Å². The van der Waals surface area contributed by atoms with Crippen LogP contribution in [0.5, 0.6) is 0 Å². The van der Waals surface area contributed by atoms with Gasteiger partial charge in [0.1, 0.15) is 4.60 Å². The van der Waals surface area contributed by atoms with E-state index < -0.39 is 0 Å². The zero-order valence-electron chi connectivity index (χ0n) is 9.27. The number of amides is 1. The van der Waals surface area contributed by atoms with E-state index in [9.17, 15) is 4.79 Å². The Hall–Kier alpha value is -1.68. The van der Waals surface area contributed by atoms with Crippen molar-refractivity contribution < 1.29 is 4.79 Å². The lowest BCUT2D eigenvalue weighted by molar-refractivity contribution is 0.102. The van der Waals surface area contributed by atoms with Crippen LogP contribution in [0.25, 0.3) is 0 Å². The van der Waals surface area contributed by atoms with Gasteiger partial charge in [-0.1, -0.05) is 18.2 Å². The Bertz CT molecular complexity index is 555. The first kappa shape index (κ1) is 11.8. The van der Waals surface area contributed by atoms with Crippen molar-refractivity contribution in [1.29, 1.82) is 0 Å². The van der Waals surface area contributed by atoms with Crippen LogP contribution in [0.2, 0.25) is 0 Å². The highest BCUT2D eigenvalue weighted by Gasteiger charge is 2.10. The molecule has 2 rings (SSSR count). The molecule has 4 heteroatoms. The van der Waals surface area contributed by atoms with Gasteiger partial charge >= 0.3 is 0 Å². The van der Waals surface area contributed by atoms with E-state index in [2.05, 4.69) is 26.2 Å². The van der Waals surface area contributed by atoms with Crippen molar-refractivity contribution in [3.8, 4) is 0 Å². The van der Waals surface area contributed by atoms with Crippen molar-refractivity contribution in [2.45, 2.75) is 6.92 Å². The van der Waals surface area contributed by atoms with Crippen molar-refractivity contribution in [3.63, 3.8) is 0 Å². The molecule has 0 fully saturated rings. The first-order valence-electron chi connectivity index (χ1n) is 5.16. The van der Waals surface area contributed by atoms with Gasteiger partial charge in [-0.2, -0.15) is 0 Å². The molecule has 0 unspecified atom stereocenters. The lowest BCUT2D eigenvalue weighted by Crippen LogP contribution is -2.13. The summed E-state index contributed by atoms with van der Waals surface area (Å²) in [5.41, 5.74) is 2.37. The molecule has 86 valence electrons. The van der Waals surface area contributed by atoms with E-state index in [1.54, 1.807) is 18.3 Å². The summed E-state index contributed by atoms with van der Waals surface area (Å²) in [5, 5.41) is 2.86. The maximum absolute atomic E-state index is 12.0. The van der Waals surface area contributed by atoms with Crippen LogP contribution in [-0.4, -0.2) is 10.9 Å².